The fourth-order valence-corrected chi connectivity index (χ4v) is 4.94. The van der Waals surface area contributed by atoms with Gasteiger partial charge in [0.1, 0.15) is 5.69 Å². The van der Waals surface area contributed by atoms with Gasteiger partial charge in [0.25, 0.3) is 5.69 Å². The molecule has 1 N–H and O–H groups in total. The van der Waals surface area contributed by atoms with Crippen LogP contribution >= 0.6 is 0 Å². The second-order valence-electron chi connectivity index (χ2n) is 8.65. The van der Waals surface area contributed by atoms with Gasteiger partial charge in [0.2, 0.25) is 0 Å². The van der Waals surface area contributed by atoms with Crippen LogP contribution in [0.2, 0.25) is 0 Å². The molecular weight excluding hydrogens is 354 g/mol. The maximum absolute atomic E-state index is 11.4. The summed E-state index contributed by atoms with van der Waals surface area (Å²) in [4.78, 5) is 13.8. The molecule has 6 heteroatoms. The number of rotatable bonds is 7. The second kappa shape index (κ2) is 8.78. The van der Waals surface area contributed by atoms with Crippen molar-refractivity contribution in [3.63, 3.8) is 0 Å². The summed E-state index contributed by atoms with van der Waals surface area (Å²) in [5.41, 5.74) is 2.17. The number of likely N-dealkylation sites (tertiary alicyclic amines) is 1. The minimum absolute atomic E-state index is 0.209. The summed E-state index contributed by atoms with van der Waals surface area (Å²) in [7, 11) is 0. The van der Waals surface area contributed by atoms with Crippen LogP contribution in [0.4, 0.5) is 11.4 Å². The Morgan fingerprint density at radius 3 is 2.43 bits per heavy atom. The zero-order chi connectivity index (χ0) is 19.5. The van der Waals surface area contributed by atoms with Gasteiger partial charge in [0, 0.05) is 37.8 Å². The Bertz CT molecular complexity index is 676. The number of benzene rings is 1. The number of ether oxygens (including phenoxy) is 1. The van der Waals surface area contributed by atoms with E-state index in [0.717, 1.165) is 32.5 Å². The first-order chi connectivity index (χ1) is 13.6. The number of nitro benzene ring substituents is 1. The standard InChI is InChI=1S/C22H33N3O3/c1-2-28-20-8-6-19(7-9-20)24-13-11-18(12-14-24)23-21-15-17(16-3-4-16)5-10-22(21)25(26)27/h5,10,15-16,18-20,23H,2-4,6-9,11-14H2,1H3. The van der Waals surface area contributed by atoms with Crippen molar-refractivity contribution in [1.29, 1.82) is 0 Å². The first-order valence-corrected chi connectivity index (χ1v) is 11.0. The number of nitrogens with zero attached hydrogens (tertiary/aromatic N) is 2. The number of piperidine rings is 1. The number of anilines is 1. The van der Waals surface area contributed by atoms with Crippen molar-refractivity contribution >= 4 is 11.4 Å². The third kappa shape index (κ3) is 4.66. The van der Waals surface area contributed by atoms with Gasteiger partial charge in [-0.25, -0.2) is 0 Å². The molecule has 3 aliphatic rings. The molecule has 0 unspecified atom stereocenters. The van der Waals surface area contributed by atoms with Gasteiger partial charge < -0.3 is 15.0 Å². The zero-order valence-electron chi connectivity index (χ0n) is 16.9. The van der Waals surface area contributed by atoms with Crippen LogP contribution in [-0.2, 0) is 4.74 Å². The van der Waals surface area contributed by atoms with Crippen LogP contribution in [0.3, 0.4) is 0 Å². The normalized spacial score (nSPS) is 26.9. The smallest absolute Gasteiger partial charge is 0.292 e. The van der Waals surface area contributed by atoms with E-state index < -0.39 is 0 Å². The summed E-state index contributed by atoms with van der Waals surface area (Å²) < 4.78 is 5.78. The second-order valence-corrected chi connectivity index (χ2v) is 8.65. The van der Waals surface area contributed by atoms with E-state index in [9.17, 15) is 10.1 Å². The lowest BCUT2D eigenvalue weighted by Crippen LogP contribution is -2.46. The van der Waals surface area contributed by atoms with Crippen molar-refractivity contribution < 1.29 is 9.66 Å². The molecule has 6 nitrogen and oxygen atoms in total. The minimum atomic E-state index is -0.259. The largest absolute Gasteiger partial charge is 0.379 e. The molecule has 0 amide bonds. The summed E-state index contributed by atoms with van der Waals surface area (Å²) >= 11 is 0. The van der Waals surface area contributed by atoms with E-state index in [1.54, 1.807) is 6.07 Å². The highest BCUT2D eigenvalue weighted by molar-refractivity contribution is 5.64. The third-order valence-electron chi connectivity index (χ3n) is 6.72. The Labute approximate surface area is 167 Å². The summed E-state index contributed by atoms with van der Waals surface area (Å²) in [5.74, 6) is 0.606. The number of nitro groups is 1. The maximum atomic E-state index is 11.4. The molecule has 154 valence electrons. The summed E-state index contributed by atoms with van der Waals surface area (Å²) in [6.45, 7) is 5.06. The topological polar surface area (TPSA) is 67.6 Å². The molecule has 0 aromatic heterocycles. The van der Waals surface area contributed by atoms with Gasteiger partial charge in [-0.05, 0) is 75.8 Å². The number of hydrogen-bond acceptors (Lipinski definition) is 5. The lowest BCUT2D eigenvalue weighted by Gasteiger charge is -2.41. The molecule has 2 aliphatic carbocycles. The Morgan fingerprint density at radius 2 is 1.82 bits per heavy atom. The van der Waals surface area contributed by atoms with E-state index in [1.165, 1.54) is 44.1 Å². The fourth-order valence-electron chi connectivity index (χ4n) is 4.94. The molecule has 1 aromatic carbocycles. The summed E-state index contributed by atoms with van der Waals surface area (Å²) in [6, 6.07) is 6.65. The molecule has 1 aliphatic heterocycles. The van der Waals surface area contributed by atoms with Gasteiger partial charge in [-0.15, -0.1) is 0 Å². The van der Waals surface area contributed by atoms with E-state index in [0.29, 0.717) is 29.8 Å². The zero-order valence-corrected chi connectivity index (χ0v) is 16.9. The molecule has 2 saturated carbocycles. The van der Waals surface area contributed by atoms with Crippen LogP contribution in [0, 0.1) is 10.1 Å². The molecule has 3 fully saturated rings. The van der Waals surface area contributed by atoms with Crippen molar-refractivity contribution in [2.24, 2.45) is 0 Å². The predicted molar refractivity (Wildman–Crippen MR) is 111 cm³/mol. The van der Waals surface area contributed by atoms with Gasteiger partial charge in [0.05, 0.1) is 11.0 Å². The van der Waals surface area contributed by atoms with Crippen molar-refractivity contribution in [3.8, 4) is 0 Å². The molecule has 0 bridgehead atoms. The lowest BCUT2D eigenvalue weighted by molar-refractivity contribution is -0.384. The molecular formula is C22H33N3O3. The van der Waals surface area contributed by atoms with E-state index in [4.69, 9.17) is 4.74 Å². The van der Waals surface area contributed by atoms with E-state index in [2.05, 4.69) is 17.1 Å². The van der Waals surface area contributed by atoms with Gasteiger partial charge >= 0.3 is 0 Å². The van der Waals surface area contributed by atoms with Gasteiger partial charge in [0.15, 0.2) is 0 Å². The minimum Gasteiger partial charge on any atom is -0.379 e. The van der Waals surface area contributed by atoms with Crippen molar-refractivity contribution in [3.05, 3.63) is 33.9 Å². The molecule has 0 spiro atoms. The van der Waals surface area contributed by atoms with E-state index >= 15 is 0 Å². The number of nitrogens with one attached hydrogen (secondary N) is 1. The van der Waals surface area contributed by atoms with Crippen LogP contribution in [-0.4, -0.2) is 47.7 Å². The molecule has 1 heterocycles. The Balaban J connectivity index is 1.31. The molecule has 1 aromatic rings. The fraction of sp³-hybridized carbons (Fsp3) is 0.727. The van der Waals surface area contributed by atoms with Crippen molar-refractivity contribution in [2.45, 2.75) is 82.4 Å². The summed E-state index contributed by atoms with van der Waals surface area (Å²) in [6.07, 6.45) is 9.80. The average Bonchev–Trinajstić information content (AvgIpc) is 3.55. The highest BCUT2D eigenvalue weighted by Crippen LogP contribution is 2.42. The SMILES string of the molecule is CCOC1CCC(N2CCC(Nc3cc(C4CC4)ccc3[N+](=O)[O-])CC2)CC1. The molecule has 0 radical (unpaired) electrons. The van der Waals surface area contributed by atoms with Gasteiger partial charge in [-0.2, -0.15) is 0 Å². The molecule has 1 saturated heterocycles. The van der Waals surface area contributed by atoms with E-state index in [-0.39, 0.29) is 10.6 Å². The first-order valence-electron chi connectivity index (χ1n) is 11.0. The van der Waals surface area contributed by atoms with Crippen LogP contribution in [0.15, 0.2) is 18.2 Å². The van der Waals surface area contributed by atoms with E-state index in [1.807, 2.05) is 12.1 Å². The van der Waals surface area contributed by atoms with Crippen molar-refractivity contribution in [1.82, 2.24) is 4.90 Å². The molecule has 28 heavy (non-hydrogen) atoms. The Morgan fingerprint density at radius 1 is 1.11 bits per heavy atom. The van der Waals surface area contributed by atoms with Crippen LogP contribution in [0.5, 0.6) is 0 Å². The monoisotopic (exact) mass is 387 g/mol. The first kappa shape index (κ1) is 19.6. The van der Waals surface area contributed by atoms with Gasteiger partial charge in [-0.3, -0.25) is 10.1 Å². The van der Waals surface area contributed by atoms with Crippen molar-refractivity contribution in [2.75, 3.05) is 25.0 Å². The quantitative estimate of drug-likeness (QED) is 0.543. The van der Waals surface area contributed by atoms with Crippen LogP contribution < -0.4 is 5.32 Å². The third-order valence-corrected chi connectivity index (χ3v) is 6.72. The van der Waals surface area contributed by atoms with Gasteiger partial charge in [-0.1, -0.05) is 6.07 Å². The number of hydrogen-bond donors (Lipinski definition) is 1. The van der Waals surface area contributed by atoms with Crippen LogP contribution in [0.1, 0.15) is 69.8 Å². The predicted octanol–water partition coefficient (Wildman–Crippen LogP) is 4.70. The highest BCUT2D eigenvalue weighted by atomic mass is 16.6. The average molecular weight is 388 g/mol. The lowest BCUT2D eigenvalue weighted by atomic mass is 9.90. The molecule has 0 atom stereocenters. The maximum Gasteiger partial charge on any atom is 0.292 e. The Hall–Kier alpha value is -1.66. The summed E-state index contributed by atoms with van der Waals surface area (Å²) in [5, 5.41) is 15.0. The molecule has 4 rings (SSSR count). The van der Waals surface area contributed by atoms with Crippen LogP contribution in [0.25, 0.3) is 0 Å². The Kier molecular flexibility index (Phi) is 6.16. The highest BCUT2D eigenvalue weighted by Gasteiger charge is 2.30.